The highest BCUT2D eigenvalue weighted by atomic mass is 16.5. The topological polar surface area (TPSA) is 52.6 Å². The lowest BCUT2D eigenvalue weighted by atomic mass is 10.1. The van der Waals surface area contributed by atoms with Crippen molar-refractivity contribution in [2.45, 2.75) is 25.9 Å². The van der Waals surface area contributed by atoms with Crippen molar-refractivity contribution >= 4 is 5.78 Å². The lowest BCUT2D eigenvalue weighted by Gasteiger charge is -2.13. The van der Waals surface area contributed by atoms with Crippen molar-refractivity contribution in [2.24, 2.45) is 0 Å². The van der Waals surface area contributed by atoms with Gasteiger partial charge in [0.05, 0.1) is 12.5 Å². The maximum atomic E-state index is 12.2. The van der Waals surface area contributed by atoms with Crippen molar-refractivity contribution in [3.05, 3.63) is 48.3 Å². The van der Waals surface area contributed by atoms with E-state index in [1.165, 1.54) is 12.5 Å². The van der Waals surface area contributed by atoms with Crippen LogP contribution in [0.3, 0.4) is 0 Å². The standard InChI is InChI=1S/C14H16O4/c1-2-3-8-18-14(12-7-5-10-17-12)13(15)11-6-4-9-16-11/h4-7,9-10,14H,2-3,8H2,1H3. The Morgan fingerprint density at radius 2 is 2.06 bits per heavy atom. The first-order chi connectivity index (χ1) is 8.83. The summed E-state index contributed by atoms with van der Waals surface area (Å²) in [5.74, 6) is 0.575. The zero-order chi connectivity index (χ0) is 12.8. The van der Waals surface area contributed by atoms with Gasteiger partial charge in [0.25, 0.3) is 0 Å². The number of hydrogen-bond acceptors (Lipinski definition) is 4. The summed E-state index contributed by atoms with van der Waals surface area (Å²) in [4.78, 5) is 12.2. The molecule has 0 saturated carbocycles. The van der Waals surface area contributed by atoms with E-state index >= 15 is 0 Å². The highest BCUT2D eigenvalue weighted by Gasteiger charge is 2.27. The maximum absolute atomic E-state index is 12.2. The van der Waals surface area contributed by atoms with E-state index < -0.39 is 6.10 Å². The van der Waals surface area contributed by atoms with Crippen molar-refractivity contribution < 1.29 is 18.4 Å². The molecule has 0 fully saturated rings. The van der Waals surface area contributed by atoms with Gasteiger partial charge < -0.3 is 13.6 Å². The first-order valence-corrected chi connectivity index (χ1v) is 6.05. The van der Waals surface area contributed by atoms with E-state index in [9.17, 15) is 4.79 Å². The SMILES string of the molecule is CCCCOC(C(=O)c1ccco1)c1ccco1. The Morgan fingerprint density at radius 1 is 1.28 bits per heavy atom. The molecule has 4 heteroatoms. The summed E-state index contributed by atoms with van der Waals surface area (Å²) < 4.78 is 16.0. The molecular weight excluding hydrogens is 232 g/mol. The molecule has 2 aromatic rings. The molecule has 1 atom stereocenters. The molecule has 1 unspecified atom stereocenters. The average molecular weight is 248 g/mol. The van der Waals surface area contributed by atoms with Crippen LogP contribution in [-0.2, 0) is 4.74 Å². The highest BCUT2D eigenvalue weighted by Crippen LogP contribution is 2.23. The van der Waals surface area contributed by atoms with E-state index in [4.69, 9.17) is 13.6 Å². The minimum atomic E-state index is -0.724. The number of Topliss-reactive ketones (excluding diaryl/α,β-unsaturated/α-hetero) is 1. The van der Waals surface area contributed by atoms with Gasteiger partial charge in [-0.3, -0.25) is 4.79 Å². The van der Waals surface area contributed by atoms with Crippen LogP contribution in [0.2, 0.25) is 0 Å². The largest absolute Gasteiger partial charge is 0.466 e. The minimum Gasteiger partial charge on any atom is -0.466 e. The second-order valence-electron chi connectivity index (χ2n) is 3.96. The smallest absolute Gasteiger partial charge is 0.234 e. The Balaban J connectivity index is 2.12. The molecule has 96 valence electrons. The molecule has 0 spiro atoms. The molecule has 4 nitrogen and oxygen atoms in total. The third-order valence-electron chi connectivity index (χ3n) is 2.59. The number of furan rings is 2. The summed E-state index contributed by atoms with van der Waals surface area (Å²) in [6.07, 6.45) is 4.19. The second kappa shape index (κ2) is 6.21. The summed E-state index contributed by atoms with van der Waals surface area (Å²) in [5, 5.41) is 0. The molecule has 0 aliphatic rings. The van der Waals surface area contributed by atoms with E-state index in [-0.39, 0.29) is 11.5 Å². The fourth-order valence-electron chi connectivity index (χ4n) is 1.62. The number of rotatable bonds is 7. The van der Waals surface area contributed by atoms with Gasteiger partial charge in [-0.1, -0.05) is 13.3 Å². The molecular formula is C14H16O4. The van der Waals surface area contributed by atoms with Crippen LogP contribution < -0.4 is 0 Å². The van der Waals surface area contributed by atoms with Gasteiger partial charge in [-0.05, 0) is 30.7 Å². The third kappa shape index (κ3) is 2.90. The van der Waals surface area contributed by atoms with Crippen molar-refractivity contribution in [3.8, 4) is 0 Å². The predicted molar refractivity (Wildman–Crippen MR) is 65.3 cm³/mol. The van der Waals surface area contributed by atoms with E-state index in [0.29, 0.717) is 12.4 Å². The molecule has 0 aromatic carbocycles. The number of unbranched alkanes of at least 4 members (excludes halogenated alkanes) is 1. The third-order valence-corrected chi connectivity index (χ3v) is 2.59. The first-order valence-electron chi connectivity index (χ1n) is 6.05. The van der Waals surface area contributed by atoms with E-state index in [2.05, 4.69) is 6.92 Å². The van der Waals surface area contributed by atoms with Crippen LogP contribution in [0.1, 0.15) is 42.2 Å². The minimum absolute atomic E-state index is 0.217. The molecule has 2 aromatic heterocycles. The van der Waals surface area contributed by atoms with Crippen LogP contribution in [0.15, 0.2) is 45.6 Å². The normalized spacial score (nSPS) is 12.5. The van der Waals surface area contributed by atoms with Crippen LogP contribution in [0.25, 0.3) is 0 Å². The summed E-state index contributed by atoms with van der Waals surface area (Å²) in [6.45, 7) is 2.59. The highest BCUT2D eigenvalue weighted by molar-refractivity contribution is 5.97. The summed E-state index contributed by atoms with van der Waals surface area (Å²) in [6, 6.07) is 6.78. The number of ether oxygens (including phenoxy) is 1. The number of hydrogen-bond donors (Lipinski definition) is 0. The quantitative estimate of drug-likeness (QED) is 0.554. The van der Waals surface area contributed by atoms with Crippen LogP contribution in [0.4, 0.5) is 0 Å². The number of carbonyl (C=O) groups is 1. The van der Waals surface area contributed by atoms with Gasteiger partial charge in [0.2, 0.25) is 5.78 Å². The Morgan fingerprint density at radius 3 is 2.67 bits per heavy atom. The molecule has 0 aliphatic heterocycles. The zero-order valence-corrected chi connectivity index (χ0v) is 10.3. The van der Waals surface area contributed by atoms with Crippen LogP contribution in [0, 0.1) is 0 Å². The molecule has 2 rings (SSSR count). The molecule has 0 saturated heterocycles. The van der Waals surface area contributed by atoms with Gasteiger partial charge >= 0.3 is 0 Å². The van der Waals surface area contributed by atoms with Crippen molar-refractivity contribution in [2.75, 3.05) is 6.61 Å². The second-order valence-corrected chi connectivity index (χ2v) is 3.96. The Labute approximate surface area is 106 Å². The monoisotopic (exact) mass is 248 g/mol. The Kier molecular flexibility index (Phi) is 4.36. The molecule has 0 radical (unpaired) electrons. The molecule has 2 heterocycles. The summed E-state index contributed by atoms with van der Waals surface area (Å²) in [5.41, 5.74) is 0. The van der Waals surface area contributed by atoms with Crippen LogP contribution >= 0.6 is 0 Å². The Bertz CT molecular complexity index is 456. The van der Waals surface area contributed by atoms with Crippen LogP contribution in [-0.4, -0.2) is 12.4 Å². The lowest BCUT2D eigenvalue weighted by Crippen LogP contribution is -2.16. The van der Waals surface area contributed by atoms with E-state index in [1.807, 2.05) is 0 Å². The zero-order valence-electron chi connectivity index (χ0n) is 10.3. The average Bonchev–Trinajstić information content (AvgIpc) is 3.05. The van der Waals surface area contributed by atoms with Gasteiger partial charge in [-0.15, -0.1) is 0 Å². The molecule has 0 bridgehead atoms. The number of carbonyl (C=O) groups excluding carboxylic acids is 1. The maximum Gasteiger partial charge on any atom is 0.234 e. The van der Waals surface area contributed by atoms with Gasteiger partial charge in [0.1, 0.15) is 5.76 Å². The lowest BCUT2D eigenvalue weighted by molar-refractivity contribution is 0.0290. The van der Waals surface area contributed by atoms with Gasteiger partial charge in [-0.2, -0.15) is 0 Å². The van der Waals surface area contributed by atoms with E-state index in [0.717, 1.165) is 12.8 Å². The van der Waals surface area contributed by atoms with Crippen molar-refractivity contribution in [1.82, 2.24) is 0 Å². The van der Waals surface area contributed by atoms with Gasteiger partial charge in [0, 0.05) is 6.61 Å². The fourth-order valence-corrected chi connectivity index (χ4v) is 1.62. The van der Waals surface area contributed by atoms with E-state index in [1.54, 1.807) is 24.3 Å². The molecule has 0 N–H and O–H groups in total. The van der Waals surface area contributed by atoms with Crippen LogP contribution in [0.5, 0.6) is 0 Å². The summed E-state index contributed by atoms with van der Waals surface area (Å²) in [7, 11) is 0. The van der Waals surface area contributed by atoms with Crippen molar-refractivity contribution in [1.29, 1.82) is 0 Å². The van der Waals surface area contributed by atoms with Gasteiger partial charge in [0.15, 0.2) is 11.9 Å². The predicted octanol–water partition coefficient (Wildman–Crippen LogP) is 3.61. The summed E-state index contributed by atoms with van der Waals surface area (Å²) >= 11 is 0. The van der Waals surface area contributed by atoms with Crippen molar-refractivity contribution in [3.63, 3.8) is 0 Å². The Hall–Kier alpha value is -1.81. The molecule has 18 heavy (non-hydrogen) atoms. The first kappa shape index (κ1) is 12.6. The number of ketones is 1. The molecule has 0 aliphatic carbocycles. The molecule has 0 amide bonds. The van der Waals surface area contributed by atoms with Gasteiger partial charge in [-0.25, -0.2) is 0 Å². The fraction of sp³-hybridized carbons (Fsp3) is 0.357.